The van der Waals surface area contributed by atoms with E-state index in [1.807, 2.05) is 12.1 Å². The predicted octanol–water partition coefficient (Wildman–Crippen LogP) is 4.91. The Morgan fingerprint density at radius 1 is 0.625 bits per heavy atom. The first-order chi connectivity index (χ1) is 11.6. The third kappa shape index (κ3) is 4.31. The Labute approximate surface area is 140 Å². The molecule has 0 aliphatic carbocycles. The first-order valence-corrected chi connectivity index (χ1v) is 8.73. The van der Waals surface area contributed by atoms with Crippen LogP contribution in [0.1, 0.15) is 0 Å². The van der Waals surface area contributed by atoms with Gasteiger partial charge >= 0.3 is 7.82 Å². The van der Waals surface area contributed by atoms with Gasteiger partial charge in [0.15, 0.2) is 0 Å². The molecule has 2 N–H and O–H groups in total. The first-order valence-electron chi connectivity index (χ1n) is 7.27. The highest BCUT2D eigenvalue weighted by Gasteiger charge is 2.33. The zero-order chi connectivity index (χ0) is 16.8. The molecule has 0 bridgehead atoms. The second-order valence-electron chi connectivity index (χ2n) is 4.92. The summed E-state index contributed by atoms with van der Waals surface area (Å²) in [5.41, 5.74) is 6.22. The Morgan fingerprint density at radius 3 is 1.58 bits per heavy atom. The molecule has 0 aliphatic heterocycles. The molecular formula is C18H16NO4P. The zero-order valence-corrected chi connectivity index (χ0v) is 13.6. The number of phosphoric ester groups is 1. The molecule has 0 atom stereocenters. The lowest BCUT2D eigenvalue weighted by Gasteiger charge is -2.19. The zero-order valence-electron chi connectivity index (χ0n) is 12.7. The summed E-state index contributed by atoms with van der Waals surface area (Å²) in [6.45, 7) is 0. The van der Waals surface area contributed by atoms with E-state index in [1.165, 1.54) is 0 Å². The second-order valence-corrected chi connectivity index (χ2v) is 6.36. The van der Waals surface area contributed by atoms with Gasteiger partial charge in [-0.2, -0.15) is 4.57 Å². The number of hydrogen-bond donors (Lipinski definition) is 1. The van der Waals surface area contributed by atoms with Crippen LogP contribution in [0.5, 0.6) is 17.2 Å². The SMILES string of the molecule is Nc1cccc(OP(=O)(Oc2ccccc2)Oc2ccccc2)c1. The van der Waals surface area contributed by atoms with Crippen LogP contribution in [0, 0.1) is 0 Å². The maximum absolute atomic E-state index is 13.1. The molecule has 0 fully saturated rings. The summed E-state index contributed by atoms with van der Waals surface area (Å²) in [5.74, 6) is 1.05. The van der Waals surface area contributed by atoms with Crippen LogP contribution in [-0.2, 0) is 4.57 Å². The third-order valence-electron chi connectivity index (χ3n) is 3.00. The van der Waals surface area contributed by atoms with Gasteiger partial charge in [-0.15, -0.1) is 0 Å². The largest absolute Gasteiger partial charge is 0.647 e. The number of hydrogen-bond acceptors (Lipinski definition) is 5. The average molecular weight is 341 g/mol. The highest BCUT2D eigenvalue weighted by atomic mass is 31.2. The molecule has 0 saturated heterocycles. The number of para-hydroxylation sites is 2. The van der Waals surface area contributed by atoms with Crippen LogP contribution < -0.4 is 19.3 Å². The van der Waals surface area contributed by atoms with Gasteiger partial charge in [0.05, 0.1) is 0 Å². The van der Waals surface area contributed by atoms with Crippen molar-refractivity contribution in [3.8, 4) is 17.2 Å². The molecule has 6 heteroatoms. The summed E-state index contributed by atoms with van der Waals surface area (Å²) in [4.78, 5) is 0. The molecule has 0 radical (unpaired) electrons. The number of benzene rings is 3. The third-order valence-corrected chi connectivity index (χ3v) is 4.30. The first kappa shape index (κ1) is 16.0. The topological polar surface area (TPSA) is 70.8 Å². The molecule has 0 saturated carbocycles. The normalized spacial score (nSPS) is 10.8. The molecule has 0 amide bonds. The molecule has 122 valence electrons. The highest BCUT2D eigenvalue weighted by molar-refractivity contribution is 7.49. The van der Waals surface area contributed by atoms with Crippen LogP contribution in [0.25, 0.3) is 0 Å². The van der Waals surface area contributed by atoms with Crippen molar-refractivity contribution in [3.05, 3.63) is 84.9 Å². The van der Waals surface area contributed by atoms with Gasteiger partial charge in [0.2, 0.25) is 0 Å². The van der Waals surface area contributed by atoms with Crippen LogP contribution in [0.3, 0.4) is 0 Å². The van der Waals surface area contributed by atoms with E-state index in [4.69, 9.17) is 19.3 Å². The Hall–Kier alpha value is -2.91. The van der Waals surface area contributed by atoms with Crippen molar-refractivity contribution >= 4 is 13.5 Å². The van der Waals surface area contributed by atoms with Crippen molar-refractivity contribution in [2.75, 3.05) is 5.73 Å². The van der Waals surface area contributed by atoms with Crippen LogP contribution in [0.4, 0.5) is 5.69 Å². The molecular weight excluding hydrogens is 325 g/mol. The van der Waals surface area contributed by atoms with Crippen molar-refractivity contribution in [3.63, 3.8) is 0 Å². The van der Waals surface area contributed by atoms with Gasteiger partial charge in [0.25, 0.3) is 0 Å². The van der Waals surface area contributed by atoms with Crippen molar-refractivity contribution in [2.24, 2.45) is 0 Å². The van der Waals surface area contributed by atoms with E-state index in [1.54, 1.807) is 72.8 Å². The minimum Gasteiger partial charge on any atom is -0.399 e. The number of rotatable bonds is 6. The summed E-state index contributed by atoms with van der Waals surface area (Å²) >= 11 is 0. The van der Waals surface area contributed by atoms with Crippen LogP contribution in [0.15, 0.2) is 84.9 Å². The van der Waals surface area contributed by atoms with E-state index in [0.717, 1.165) is 0 Å². The minimum absolute atomic E-state index is 0.296. The lowest BCUT2D eigenvalue weighted by molar-refractivity contribution is 0.298. The Balaban J connectivity index is 1.89. The summed E-state index contributed by atoms with van der Waals surface area (Å²) in [6.07, 6.45) is 0. The summed E-state index contributed by atoms with van der Waals surface area (Å²) in [5, 5.41) is 0. The Kier molecular flexibility index (Phi) is 4.73. The average Bonchev–Trinajstić information content (AvgIpc) is 2.56. The fourth-order valence-corrected chi connectivity index (χ4v) is 3.22. The van der Waals surface area contributed by atoms with E-state index in [2.05, 4.69) is 0 Å². The molecule has 3 aromatic rings. The fourth-order valence-electron chi connectivity index (χ4n) is 1.98. The van der Waals surface area contributed by atoms with Crippen LogP contribution in [0.2, 0.25) is 0 Å². The summed E-state index contributed by atoms with van der Waals surface area (Å²) < 4.78 is 29.7. The van der Waals surface area contributed by atoms with Crippen LogP contribution in [-0.4, -0.2) is 0 Å². The molecule has 0 spiro atoms. The molecule has 0 heterocycles. The molecule has 0 aliphatic rings. The molecule has 3 rings (SSSR count). The molecule has 3 aromatic carbocycles. The fraction of sp³-hybridized carbons (Fsp3) is 0. The van der Waals surface area contributed by atoms with E-state index in [-0.39, 0.29) is 0 Å². The van der Waals surface area contributed by atoms with E-state index in [0.29, 0.717) is 22.9 Å². The maximum atomic E-state index is 13.1. The Morgan fingerprint density at radius 2 is 1.08 bits per heavy atom. The number of nitrogens with two attached hydrogens (primary N) is 1. The minimum atomic E-state index is -3.96. The van der Waals surface area contributed by atoms with Crippen molar-refractivity contribution in [1.29, 1.82) is 0 Å². The standard InChI is InChI=1S/C18H16NO4P/c19-15-8-7-13-18(14-15)23-24(20,21-16-9-3-1-4-10-16)22-17-11-5-2-6-12-17/h1-14H,19H2. The summed E-state index contributed by atoms with van der Waals surface area (Å²) in [7, 11) is -3.96. The van der Waals surface area contributed by atoms with Crippen LogP contribution >= 0.6 is 7.82 Å². The lowest BCUT2D eigenvalue weighted by Crippen LogP contribution is -2.07. The predicted molar refractivity (Wildman–Crippen MR) is 93.2 cm³/mol. The van der Waals surface area contributed by atoms with E-state index >= 15 is 0 Å². The van der Waals surface area contributed by atoms with Crippen molar-refractivity contribution in [1.82, 2.24) is 0 Å². The number of anilines is 1. The molecule has 24 heavy (non-hydrogen) atoms. The Bertz CT molecular complexity index is 794. The summed E-state index contributed by atoms with van der Waals surface area (Å²) in [6, 6.07) is 24.0. The van der Waals surface area contributed by atoms with Crippen molar-refractivity contribution < 1.29 is 18.1 Å². The molecule has 5 nitrogen and oxygen atoms in total. The van der Waals surface area contributed by atoms with Gasteiger partial charge in [-0.3, -0.25) is 0 Å². The van der Waals surface area contributed by atoms with Gasteiger partial charge in [-0.25, -0.2) is 0 Å². The second kappa shape index (κ2) is 7.11. The van der Waals surface area contributed by atoms with Gasteiger partial charge in [0.1, 0.15) is 17.2 Å². The molecule has 0 aromatic heterocycles. The quantitative estimate of drug-likeness (QED) is 0.509. The number of nitrogen functional groups attached to an aromatic ring is 1. The lowest BCUT2D eigenvalue weighted by atomic mass is 10.3. The van der Waals surface area contributed by atoms with Gasteiger partial charge in [-0.05, 0) is 36.4 Å². The van der Waals surface area contributed by atoms with Gasteiger partial charge in [-0.1, -0.05) is 42.5 Å². The number of phosphoric acid groups is 1. The highest BCUT2D eigenvalue weighted by Crippen LogP contribution is 2.49. The van der Waals surface area contributed by atoms with E-state index < -0.39 is 7.82 Å². The van der Waals surface area contributed by atoms with Gasteiger partial charge < -0.3 is 19.3 Å². The smallest absolute Gasteiger partial charge is 0.399 e. The van der Waals surface area contributed by atoms with E-state index in [9.17, 15) is 4.57 Å². The maximum Gasteiger partial charge on any atom is 0.647 e. The molecule has 0 unspecified atom stereocenters. The monoisotopic (exact) mass is 341 g/mol. The van der Waals surface area contributed by atoms with Crippen molar-refractivity contribution in [2.45, 2.75) is 0 Å². The van der Waals surface area contributed by atoms with Gasteiger partial charge in [0, 0.05) is 11.8 Å².